The number of morpholine rings is 1. The molecule has 2 heterocycles. The van der Waals surface area contributed by atoms with E-state index in [2.05, 4.69) is 25.9 Å². The molecule has 0 bridgehead atoms. The SMILES string of the molecule is COC(=O)N[C@H](C(=O)Nc1ccccc1CC[C@@H]1CN[C@H](c2nc3ccc(C(F)(F)F)cc3[nH]2)CO1)C(c1ccccc1)c1ccccc1. The first-order chi connectivity index (χ1) is 23.7. The summed E-state index contributed by atoms with van der Waals surface area (Å²) in [6, 6.07) is 28.7. The summed E-state index contributed by atoms with van der Waals surface area (Å²) in [5, 5.41) is 9.21. The number of aromatic nitrogens is 2. The molecule has 4 N–H and O–H groups in total. The Labute approximate surface area is 281 Å². The van der Waals surface area contributed by atoms with Crippen molar-refractivity contribution < 1.29 is 32.2 Å². The van der Waals surface area contributed by atoms with Crippen LogP contribution in [0.5, 0.6) is 0 Å². The number of para-hydroxylation sites is 1. The number of alkyl carbamates (subject to hydrolysis) is 1. The minimum Gasteiger partial charge on any atom is -0.453 e. The van der Waals surface area contributed by atoms with Crippen LogP contribution in [0.4, 0.5) is 23.7 Å². The Morgan fingerprint density at radius 1 is 0.959 bits per heavy atom. The number of aromatic amines is 1. The van der Waals surface area contributed by atoms with E-state index in [1.165, 1.54) is 13.2 Å². The Hall–Kier alpha value is -5.20. The van der Waals surface area contributed by atoms with Crippen molar-refractivity contribution >= 4 is 28.7 Å². The Morgan fingerprint density at radius 2 is 1.63 bits per heavy atom. The second-order valence-electron chi connectivity index (χ2n) is 11.9. The number of carbonyl (C=O) groups is 2. The summed E-state index contributed by atoms with van der Waals surface area (Å²) in [4.78, 5) is 34.0. The predicted octanol–water partition coefficient (Wildman–Crippen LogP) is 6.74. The number of H-pyrrole nitrogens is 1. The molecule has 6 rings (SSSR count). The Balaban J connectivity index is 1.12. The van der Waals surface area contributed by atoms with Gasteiger partial charge in [0.1, 0.15) is 11.9 Å². The van der Waals surface area contributed by atoms with E-state index in [0.717, 1.165) is 28.8 Å². The van der Waals surface area contributed by atoms with Gasteiger partial charge in [-0.25, -0.2) is 9.78 Å². The number of methoxy groups -OCH3 is 1. The number of benzene rings is 4. The third kappa shape index (κ3) is 8.10. The highest BCUT2D eigenvalue weighted by molar-refractivity contribution is 5.98. The molecule has 1 fully saturated rings. The van der Waals surface area contributed by atoms with E-state index in [1.807, 2.05) is 84.9 Å². The van der Waals surface area contributed by atoms with Gasteiger partial charge < -0.3 is 30.4 Å². The number of hydrogen-bond donors (Lipinski definition) is 4. The Morgan fingerprint density at radius 3 is 2.27 bits per heavy atom. The number of alkyl halides is 3. The average Bonchev–Trinajstić information content (AvgIpc) is 3.55. The topological polar surface area (TPSA) is 117 Å². The lowest BCUT2D eigenvalue weighted by Crippen LogP contribution is -2.48. The van der Waals surface area contributed by atoms with E-state index < -0.39 is 35.7 Å². The Bertz CT molecular complexity index is 1840. The molecule has 9 nitrogen and oxygen atoms in total. The fraction of sp³-hybridized carbons (Fsp3) is 0.270. The van der Waals surface area contributed by atoms with Crippen LogP contribution in [0.15, 0.2) is 103 Å². The number of hydrogen-bond acceptors (Lipinski definition) is 6. The van der Waals surface area contributed by atoms with Gasteiger partial charge in [0.2, 0.25) is 5.91 Å². The van der Waals surface area contributed by atoms with Crippen LogP contribution >= 0.6 is 0 Å². The van der Waals surface area contributed by atoms with Gasteiger partial charge in [-0.1, -0.05) is 78.9 Å². The maximum Gasteiger partial charge on any atom is 0.416 e. The summed E-state index contributed by atoms with van der Waals surface area (Å²) in [6.45, 7) is 0.793. The third-order valence-electron chi connectivity index (χ3n) is 8.65. The highest BCUT2D eigenvalue weighted by Crippen LogP contribution is 2.32. The number of aryl methyl sites for hydroxylation is 1. The van der Waals surface area contributed by atoms with E-state index >= 15 is 0 Å². The van der Waals surface area contributed by atoms with Gasteiger partial charge in [-0.3, -0.25) is 4.79 Å². The Kier molecular flexibility index (Phi) is 10.3. The van der Waals surface area contributed by atoms with E-state index in [9.17, 15) is 22.8 Å². The number of anilines is 1. The fourth-order valence-corrected chi connectivity index (χ4v) is 6.13. The summed E-state index contributed by atoms with van der Waals surface area (Å²) in [5.41, 5.74) is 3.25. The summed E-state index contributed by atoms with van der Waals surface area (Å²) in [5.74, 6) is -0.385. The maximum atomic E-state index is 14.0. The molecule has 254 valence electrons. The molecule has 3 atom stereocenters. The number of fused-ring (bicyclic) bond motifs is 1. The number of halogens is 3. The first-order valence-corrected chi connectivity index (χ1v) is 15.9. The number of rotatable bonds is 10. The zero-order valence-corrected chi connectivity index (χ0v) is 26.7. The van der Waals surface area contributed by atoms with E-state index in [0.29, 0.717) is 41.9 Å². The van der Waals surface area contributed by atoms with Gasteiger partial charge in [0.25, 0.3) is 0 Å². The second kappa shape index (κ2) is 14.9. The molecule has 0 unspecified atom stereocenters. The maximum absolute atomic E-state index is 14.0. The van der Waals surface area contributed by atoms with E-state index in [1.54, 1.807) is 0 Å². The van der Waals surface area contributed by atoms with Crippen molar-refractivity contribution in [1.29, 1.82) is 0 Å². The quantitative estimate of drug-likeness (QED) is 0.131. The van der Waals surface area contributed by atoms with Crippen molar-refractivity contribution in [3.63, 3.8) is 0 Å². The third-order valence-corrected chi connectivity index (χ3v) is 8.65. The summed E-state index contributed by atoms with van der Waals surface area (Å²) < 4.78 is 50.5. The standard InChI is InChI=1S/C37H36F3N5O4/c1-48-36(47)45-33(32(24-11-4-2-5-12-24)25-13-6-3-7-14-25)35(46)44-28-15-9-8-10-23(28)16-18-27-21-41-31(22-49-27)34-42-29-19-17-26(37(38,39)40)20-30(29)43-34/h2-15,17,19-20,27,31-33,41H,16,18,21-22H2,1H3,(H,42,43)(H,44,46)(H,45,47)/t27-,31+,33+/m1/s1. The number of carbonyl (C=O) groups excluding carboxylic acids is 2. The molecule has 0 saturated carbocycles. The number of nitrogens with one attached hydrogen (secondary N) is 4. The summed E-state index contributed by atoms with van der Waals surface area (Å²) >= 11 is 0. The summed E-state index contributed by atoms with van der Waals surface area (Å²) in [7, 11) is 1.26. The van der Waals surface area contributed by atoms with Crippen LogP contribution in [-0.2, 0) is 26.9 Å². The fourth-order valence-electron chi connectivity index (χ4n) is 6.13. The first-order valence-electron chi connectivity index (χ1n) is 15.9. The van der Waals surface area contributed by atoms with Gasteiger partial charge >= 0.3 is 12.3 Å². The number of amides is 2. The highest BCUT2D eigenvalue weighted by atomic mass is 19.4. The van der Waals surface area contributed by atoms with E-state index in [4.69, 9.17) is 9.47 Å². The van der Waals surface area contributed by atoms with Crippen LogP contribution < -0.4 is 16.0 Å². The minimum atomic E-state index is -4.44. The van der Waals surface area contributed by atoms with Crippen LogP contribution in [0.2, 0.25) is 0 Å². The molecule has 2 amide bonds. The number of nitrogens with zero attached hydrogens (tertiary/aromatic N) is 1. The molecule has 4 aromatic carbocycles. The minimum absolute atomic E-state index is 0.143. The van der Waals surface area contributed by atoms with Crippen molar-refractivity contribution in [3.8, 4) is 0 Å². The molecule has 12 heteroatoms. The molecule has 0 aliphatic carbocycles. The van der Waals surface area contributed by atoms with Gasteiger partial charge in [0, 0.05) is 18.2 Å². The lowest BCUT2D eigenvalue weighted by atomic mass is 9.84. The number of imidazole rings is 1. The molecule has 5 aromatic rings. The molecule has 49 heavy (non-hydrogen) atoms. The molecule has 0 spiro atoms. The van der Waals surface area contributed by atoms with Gasteiger partial charge in [-0.15, -0.1) is 0 Å². The smallest absolute Gasteiger partial charge is 0.416 e. The van der Waals surface area contributed by atoms with Crippen LogP contribution in [0.25, 0.3) is 11.0 Å². The molecular weight excluding hydrogens is 635 g/mol. The molecule has 1 aliphatic heterocycles. The van der Waals surface area contributed by atoms with Crippen molar-refractivity contribution in [2.45, 2.75) is 43.1 Å². The zero-order chi connectivity index (χ0) is 34.4. The van der Waals surface area contributed by atoms with Crippen LogP contribution in [0, 0.1) is 0 Å². The van der Waals surface area contributed by atoms with Gasteiger partial charge in [0.15, 0.2) is 0 Å². The molecule has 0 radical (unpaired) electrons. The van der Waals surface area contributed by atoms with Crippen LogP contribution in [-0.4, -0.2) is 54.4 Å². The van der Waals surface area contributed by atoms with Crippen molar-refractivity contribution in [1.82, 2.24) is 20.6 Å². The van der Waals surface area contributed by atoms with Crippen LogP contribution in [0.1, 0.15) is 46.5 Å². The predicted molar refractivity (Wildman–Crippen MR) is 179 cm³/mol. The van der Waals surface area contributed by atoms with Gasteiger partial charge in [-0.05, 0) is 53.8 Å². The lowest BCUT2D eigenvalue weighted by molar-refractivity contribution is -0.137. The second-order valence-corrected chi connectivity index (χ2v) is 11.9. The molecule has 1 aromatic heterocycles. The van der Waals surface area contributed by atoms with E-state index in [-0.39, 0.29) is 18.8 Å². The van der Waals surface area contributed by atoms with Gasteiger partial charge in [-0.2, -0.15) is 13.2 Å². The van der Waals surface area contributed by atoms with Gasteiger partial charge in [0.05, 0.1) is 42.5 Å². The highest BCUT2D eigenvalue weighted by Gasteiger charge is 2.34. The molecule has 1 saturated heterocycles. The van der Waals surface area contributed by atoms with Crippen molar-refractivity contribution in [2.75, 3.05) is 25.6 Å². The normalized spacial score (nSPS) is 17.1. The first kappa shape index (κ1) is 33.7. The monoisotopic (exact) mass is 671 g/mol. The number of ether oxygens (including phenoxy) is 2. The summed E-state index contributed by atoms with van der Waals surface area (Å²) in [6.07, 6.45) is -4.07. The van der Waals surface area contributed by atoms with Crippen molar-refractivity contribution in [2.24, 2.45) is 0 Å². The lowest BCUT2D eigenvalue weighted by Gasteiger charge is -2.30. The zero-order valence-electron chi connectivity index (χ0n) is 26.7. The average molecular weight is 672 g/mol. The van der Waals surface area contributed by atoms with Crippen LogP contribution in [0.3, 0.4) is 0 Å². The molecular formula is C37H36F3N5O4. The molecule has 1 aliphatic rings. The van der Waals surface area contributed by atoms with Crippen molar-refractivity contribution in [3.05, 3.63) is 131 Å². The largest absolute Gasteiger partial charge is 0.453 e.